The van der Waals surface area contributed by atoms with Crippen LogP contribution in [-0.4, -0.2) is 17.1 Å². The van der Waals surface area contributed by atoms with Gasteiger partial charge in [-0.1, -0.05) is 18.2 Å². The van der Waals surface area contributed by atoms with E-state index in [2.05, 4.69) is 0 Å². The molecule has 0 bridgehead atoms. The molecule has 0 aliphatic rings. The molecule has 0 radical (unpaired) electrons. The minimum atomic E-state index is -5.32. The Balaban J connectivity index is 2.10. The molecule has 0 saturated heterocycles. The van der Waals surface area contributed by atoms with Crippen molar-refractivity contribution in [3.8, 4) is 5.75 Å². The number of aromatic hydroxyl groups is 1. The molecule has 5 nitrogen and oxygen atoms in total. The number of para-hydroxylation sites is 1. The molecule has 0 aliphatic carbocycles. The van der Waals surface area contributed by atoms with E-state index in [0.717, 1.165) is 0 Å². The van der Waals surface area contributed by atoms with E-state index < -0.39 is 28.9 Å². The summed E-state index contributed by atoms with van der Waals surface area (Å²) < 4.78 is 48.3. The van der Waals surface area contributed by atoms with Crippen LogP contribution >= 0.6 is 0 Å². The van der Waals surface area contributed by atoms with Gasteiger partial charge in [-0.15, -0.1) is 0 Å². The highest BCUT2D eigenvalue weighted by molar-refractivity contribution is 6.12. The Morgan fingerprint density at radius 3 is 2.28 bits per heavy atom. The molecule has 0 fully saturated rings. The maximum absolute atomic E-state index is 12.6. The minimum absolute atomic E-state index is 0.153. The van der Waals surface area contributed by atoms with Crippen LogP contribution < -0.4 is 5.63 Å². The van der Waals surface area contributed by atoms with Gasteiger partial charge in [-0.2, -0.15) is 13.2 Å². The third kappa shape index (κ3) is 2.18. The second kappa shape index (κ2) is 4.85. The van der Waals surface area contributed by atoms with Gasteiger partial charge in [-0.05, 0) is 18.2 Å². The molecule has 0 saturated carbocycles. The highest BCUT2D eigenvalue weighted by Crippen LogP contribution is 2.36. The Bertz CT molecular complexity index is 1230. The fourth-order valence-electron chi connectivity index (χ4n) is 2.75. The number of benzene rings is 2. The van der Waals surface area contributed by atoms with E-state index in [1.807, 2.05) is 0 Å². The summed E-state index contributed by atoms with van der Waals surface area (Å²) in [5.41, 5.74) is -2.38. The number of hydrogen-bond donors (Lipinski definition) is 1. The first-order valence-corrected chi connectivity index (χ1v) is 7.00. The third-order valence-corrected chi connectivity index (χ3v) is 3.86. The molecule has 2 aromatic heterocycles. The summed E-state index contributed by atoms with van der Waals surface area (Å²) in [7, 11) is 0. The lowest BCUT2D eigenvalue weighted by atomic mass is 10.1. The van der Waals surface area contributed by atoms with Crippen molar-refractivity contribution in [2.75, 3.05) is 0 Å². The summed E-state index contributed by atoms with van der Waals surface area (Å²) in [5, 5.41) is 11.1. The number of rotatable bonds is 1. The number of carbonyl (C=O) groups is 1. The third-order valence-electron chi connectivity index (χ3n) is 3.86. The van der Waals surface area contributed by atoms with Crippen molar-refractivity contribution in [1.82, 2.24) is 0 Å². The van der Waals surface area contributed by atoms with Crippen LogP contribution in [0.5, 0.6) is 5.75 Å². The molecule has 0 unspecified atom stereocenters. The topological polar surface area (TPSA) is 80.7 Å². The van der Waals surface area contributed by atoms with Crippen molar-refractivity contribution >= 4 is 38.7 Å². The largest absolute Gasteiger partial charge is 0.506 e. The zero-order valence-corrected chi connectivity index (χ0v) is 12.2. The van der Waals surface area contributed by atoms with Gasteiger partial charge >= 0.3 is 11.8 Å². The van der Waals surface area contributed by atoms with E-state index in [-0.39, 0.29) is 16.6 Å². The van der Waals surface area contributed by atoms with Crippen molar-refractivity contribution in [2.45, 2.75) is 6.18 Å². The van der Waals surface area contributed by atoms with E-state index in [0.29, 0.717) is 16.4 Å². The molecule has 1 N–H and O–H groups in total. The van der Waals surface area contributed by atoms with Crippen molar-refractivity contribution in [3.05, 3.63) is 52.4 Å². The number of hydrogen-bond acceptors (Lipinski definition) is 5. The lowest BCUT2D eigenvalue weighted by Crippen LogP contribution is -2.28. The average Bonchev–Trinajstić information content (AvgIpc) is 2.90. The van der Waals surface area contributed by atoms with Gasteiger partial charge in [-0.25, -0.2) is 4.79 Å². The second-order valence-electron chi connectivity index (χ2n) is 5.38. The standard InChI is InChI=1S/C17H7F3O5/c18-17(19,20)15(22)13-14(21)9-6-11-8(5-12(9)25-16(13)23)7-3-1-2-4-10(7)24-11/h1-6,21H. The second-order valence-corrected chi connectivity index (χ2v) is 5.38. The predicted molar refractivity (Wildman–Crippen MR) is 81.8 cm³/mol. The first-order chi connectivity index (χ1) is 11.8. The normalized spacial score (nSPS) is 12.3. The van der Waals surface area contributed by atoms with Crippen LogP contribution in [0.1, 0.15) is 10.4 Å². The molecular weight excluding hydrogens is 341 g/mol. The number of fused-ring (bicyclic) bond motifs is 4. The van der Waals surface area contributed by atoms with Crippen LogP contribution in [0.25, 0.3) is 32.9 Å². The van der Waals surface area contributed by atoms with Crippen LogP contribution in [-0.2, 0) is 0 Å². The van der Waals surface area contributed by atoms with Crippen molar-refractivity contribution in [3.63, 3.8) is 0 Å². The molecule has 8 heteroatoms. The Kier molecular flexibility index (Phi) is 2.96. The van der Waals surface area contributed by atoms with Gasteiger partial charge in [0.15, 0.2) is 5.56 Å². The molecule has 4 aromatic rings. The summed E-state index contributed by atoms with van der Waals surface area (Å²) in [5.74, 6) is -3.55. The predicted octanol–water partition coefficient (Wildman–Crippen LogP) is 4.14. The SMILES string of the molecule is O=C(c1c(O)c2cc3oc4ccccc4c3cc2oc1=O)C(F)(F)F. The van der Waals surface area contributed by atoms with Crippen LogP contribution in [0.15, 0.2) is 50.0 Å². The Hall–Kier alpha value is -3.29. The molecule has 25 heavy (non-hydrogen) atoms. The fourth-order valence-corrected chi connectivity index (χ4v) is 2.75. The van der Waals surface area contributed by atoms with E-state index in [4.69, 9.17) is 8.83 Å². The van der Waals surface area contributed by atoms with E-state index in [1.54, 1.807) is 24.3 Å². The van der Waals surface area contributed by atoms with Crippen molar-refractivity contribution in [1.29, 1.82) is 0 Å². The lowest BCUT2D eigenvalue weighted by Gasteiger charge is -2.07. The van der Waals surface area contributed by atoms with Gasteiger partial charge in [0.05, 0.1) is 5.39 Å². The van der Waals surface area contributed by atoms with E-state index in [9.17, 15) is 27.9 Å². The van der Waals surface area contributed by atoms with E-state index >= 15 is 0 Å². The molecule has 0 aliphatic heterocycles. The number of furan rings is 1. The van der Waals surface area contributed by atoms with Gasteiger partial charge in [0, 0.05) is 10.8 Å². The number of alkyl halides is 3. The van der Waals surface area contributed by atoms with Crippen LogP contribution in [0.2, 0.25) is 0 Å². The average molecular weight is 348 g/mol. The maximum atomic E-state index is 12.6. The summed E-state index contributed by atoms with van der Waals surface area (Å²) in [4.78, 5) is 23.2. The van der Waals surface area contributed by atoms with Gasteiger partial charge in [-0.3, -0.25) is 4.79 Å². The molecule has 0 atom stereocenters. The van der Waals surface area contributed by atoms with Crippen LogP contribution in [0.3, 0.4) is 0 Å². The quantitative estimate of drug-likeness (QED) is 0.413. The minimum Gasteiger partial charge on any atom is -0.506 e. The molecular formula is C17H7F3O5. The van der Waals surface area contributed by atoms with Gasteiger partial charge in [0.2, 0.25) is 0 Å². The van der Waals surface area contributed by atoms with Crippen LogP contribution in [0.4, 0.5) is 13.2 Å². The van der Waals surface area contributed by atoms with Crippen molar-refractivity contribution in [2.24, 2.45) is 0 Å². The first-order valence-electron chi connectivity index (χ1n) is 7.00. The molecule has 4 rings (SSSR count). The van der Waals surface area contributed by atoms with Crippen molar-refractivity contribution < 1.29 is 31.9 Å². The Morgan fingerprint density at radius 1 is 0.920 bits per heavy atom. The molecule has 2 aromatic carbocycles. The zero-order valence-electron chi connectivity index (χ0n) is 12.2. The monoisotopic (exact) mass is 348 g/mol. The highest BCUT2D eigenvalue weighted by atomic mass is 19.4. The smallest absolute Gasteiger partial charge is 0.455 e. The molecule has 2 heterocycles. The van der Waals surface area contributed by atoms with Gasteiger partial charge in [0.25, 0.3) is 5.78 Å². The van der Waals surface area contributed by atoms with Gasteiger partial charge in [0.1, 0.15) is 22.5 Å². The van der Waals surface area contributed by atoms with Crippen LogP contribution in [0, 0.1) is 0 Å². The molecule has 126 valence electrons. The maximum Gasteiger partial charge on any atom is 0.455 e. The number of halogens is 3. The first kappa shape index (κ1) is 15.3. The Labute approximate surface area is 135 Å². The highest BCUT2D eigenvalue weighted by Gasteiger charge is 2.43. The van der Waals surface area contributed by atoms with Gasteiger partial charge < -0.3 is 13.9 Å². The van der Waals surface area contributed by atoms with E-state index in [1.165, 1.54) is 12.1 Å². The summed E-state index contributed by atoms with van der Waals surface area (Å²) in [6, 6.07) is 9.55. The molecule has 0 amide bonds. The zero-order chi connectivity index (χ0) is 17.9. The number of ketones is 1. The Morgan fingerprint density at radius 2 is 1.56 bits per heavy atom. The fraction of sp³-hybridized carbons (Fsp3) is 0.0588. The summed E-state index contributed by atoms with van der Waals surface area (Å²) in [6.45, 7) is 0. The summed E-state index contributed by atoms with van der Waals surface area (Å²) >= 11 is 0. The number of Topliss-reactive ketones (excluding diaryl/α,β-unsaturated/α-hetero) is 1. The summed E-state index contributed by atoms with van der Waals surface area (Å²) in [6.07, 6.45) is -5.32. The molecule has 0 spiro atoms. The number of carbonyl (C=O) groups excluding carboxylic acids is 1. The lowest BCUT2D eigenvalue weighted by molar-refractivity contribution is -0.0888.